The first-order valence-corrected chi connectivity index (χ1v) is 14.8. The average molecular weight is 530 g/mol. The lowest BCUT2D eigenvalue weighted by Crippen LogP contribution is -2.41. The second-order valence-corrected chi connectivity index (χ2v) is 11.8. The number of unbranched alkanes of at least 4 members (excludes halogenated alkanes) is 1. The van der Waals surface area contributed by atoms with Gasteiger partial charge in [0.15, 0.2) is 5.82 Å². The van der Waals surface area contributed by atoms with E-state index in [-0.39, 0.29) is 11.7 Å². The normalized spacial score (nSPS) is 25.0. The molecule has 1 aromatic carbocycles. The number of nitrogens with one attached hydrogen (secondary N) is 1. The molecule has 2 aromatic heterocycles. The van der Waals surface area contributed by atoms with Crippen LogP contribution in [0, 0.1) is 17.8 Å². The Kier molecular flexibility index (Phi) is 8.29. The second kappa shape index (κ2) is 11.8. The lowest BCUT2D eigenvalue weighted by molar-refractivity contribution is 0.113. The van der Waals surface area contributed by atoms with E-state index in [1.54, 1.807) is 0 Å². The number of aromatic amines is 1. The molecule has 8 heteroatoms. The molecule has 4 atom stereocenters. The molecule has 3 aromatic rings. The summed E-state index contributed by atoms with van der Waals surface area (Å²) in [6, 6.07) is 8.60. The van der Waals surface area contributed by atoms with Crippen LogP contribution in [0.4, 0.5) is 0 Å². The third-order valence-electron chi connectivity index (χ3n) is 9.15. The minimum Gasteiger partial charge on any atom is -0.295 e. The third-order valence-corrected chi connectivity index (χ3v) is 9.15. The van der Waals surface area contributed by atoms with Crippen LogP contribution in [0.15, 0.2) is 52.5 Å². The predicted molar refractivity (Wildman–Crippen MR) is 156 cm³/mol. The van der Waals surface area contributed by atoms with E-state index in [2.05, 4.69) is 86.9 Å². The monoisotopic (exact) mass is 529 g/mol. The number of aryl methyl sites for hydroxylation is 1. The molecule has 2 aliphatic rings. The van der Waals surface area contributed by atoms with E-state index in [1.807, 2.05) is 24.5 Å². The summed E-state index contributed by atoms with van der Waals surface area (Å²) in [5.74, 6) is 2.26. The van der Waals surface area contributed by atoms with Crippen molar-refractivity contribution in [2.75, 3.05) is 0 Å². The van der Waals surface area contributed by atoms with Gasteiger partial charge in [0.2, 0.25) is 0 Å². The summed E-state index contributed by atoms with van der Waals surface area (Å²) < 4.78 is 4.23. The van der Waals surface area contributed by atoms with Crippen molar-refractivity contribution < 1.29 is 0 Å². The lowest BCUT2D eigenvalue weighted by Gasteiger charge is -2.40. The van der Waals surface area contributed by atoms with Crippen molar-refractivity contribution in [3.8, 4) is 11.4 Å². The third kappa shape index (κ3) is 5.43. The predicted octanol–water partition coefficient (Wildman–Crippen LogP) is 6.12. The Hall–Kier alpha value is -3.29. The molecular formula is C31H43N7O. The van der Waals surface area contributed by atoms with Crippen LogP contribution in [-0.4, -0.2) is 36.0 Å². The zero-order valence-electron chi connectivity index (χ0n) is 23.9. The number of rotatable bonds is 10. The summed E-state index contributed by atoms with van der Waals surface area (Å²) in [5, 5.41) is 14.5. The highest BCUT2D eigenvalue weighted by Gasteiger charge is 2.38. The molecule has 1 saturated carbocycles. The molecule has 4 unspecified atom stereocenters. The van der Waals surface area contributed by atoms with Crippen LogP contribution >= 0.6 is 0 Å². The molecule has 1 N–H and O–H groups in total. The molecule has 0 bridgehead atoms. The standard InChI is InChI=1S/C31H43N7O/c1-5-7-13-26-20-37(28-23(6-2)10-9-14-27(28)22(3)4)30(39)38(26)21-31(15-17-32-18-16-31)25-12-8-11-24(19-25)29-33-35-36-34-29/h8,11-12,15,17-20,22-23,27-28H,5-7,9-10,13-14,16,21H2,1-4H3,(H,33,34,35,36). The SMILES string of the molecule is CCCCc1cn(C2C(CC)CCCC2C(C)C)c(=O)n1CC1(c2cccc(-c3nnn[nH]3)c2)C=CN=CC1. The van der Waals surface area contributed by atoms with Gasteiger partial charge in [-0.2, -0.15) is 0 Å². The number of benzene rings is 1. The van der Waals surface area contributed by atoms with Gasteiger partial charge in [-0.3, -0.25) is 14.1 Å². The smallest absolute Gasteiger partial charge is 0.295 e. The summed E-state index contributed by atoms with van der Waals surface area (Å²) in [4.78, 5) is 18.8. The Labute approximate surface area is 231 Å². The average Bonchev–Trinajstić information content (AvgIpc) is 3.61. The van der Waals surface area contributed by atoms with Crippen molar-refractivity contribution >= 4 is 6.21 Å². The minimum absolute atomic E-state index is 0.142. The molecule has 8 nitrogen and oxygen atoms in total. The number of nitrogens with zero attached hydrogens (tertiary/aromatic N) is 6. The van der Waals surface area contributed by atoms with E-state index in [0.717, 1.165) is 48.9 Å². The van der Waals surface area contributed by atoms with Crippen molar-refractivity contribution in [2.24, 2.45) is 22.7 Å². The van der Waals surface area contributed by atoms with Gasteiger partial charge in [0.1, 0.15) is 0 Å². The number of tetrazole rings is 1. The molecule has 1 aliphatic heterocycles. The van der Waals surface area contributed by atoms with Gasteiger partial charge in [0.25, 0.3) is 0 Å². The van der Waals surface area contributed by atoms with Crippen LogP contribution in [-0.2, 0) is 18.4 Å². The van der Waals surface area contributed by atoms with Crippen LogP contribution in [0.3, 0.4) is 0 Å². The maximum absolute atomic E-state index is 14.4. The number of H-pyrrole nitrogens is 1. The Morgan fingerprint density at radius 2 is 2.08 bits per heavy atom. The molecule has 3 heterocycles. The molecule has 39 heavy (non-hydrogen) atoms. The Morgan fingerprint density at radius 3 is 2.77 bits per heavy atom. The summed E-state index contributed by atoms with van der Waals surface area (Å²) in [7, 11) is 0. The van der Waals surface area contributed by atoms with E-state index in [4.69, 9.17) is 0 Å². The molecular weight excluding hydrogens is 486 g/mol. The van der Waals surface area contributed by atoms with Crippen molar-refractivity contribution in [3.05, 3.63) is 64.5 Å². The molecule has 5 rings (SSSR count). The van der Waals surface area contributed by atoms with Gasteiger partial charge in [-0.1, -0.05) is 71.2 Å². The van der Waals surface area contributed by atoms with Crippen LogP contribution in [0.2, 0.25) is 0 Å². The number of aliphatic imine (C=N–C) groups is 1. The van der Waals surface area contributed by atoms with Gasteiger partial charge < -0.3 is 0 Å². The number of imidazole rings is 1. The van der Waals surface area contributed by atoms with Gasteiger partial charge >= 0.3 is 5.69 Å². The van der Waals surface area contributed by atoms with Crippen molar-refractivity contribution in [2.45, 2.75) is 97.1 Å². The zero-order chi connectivity index (χ0) is 27.4. The summed E-state index contributed by atoms with van der Waals surface area (Å²) in [6.45, 7) is 9.74. The molecule has 1 fully saturated rings. The summed E-state index contributed by atoms with van der Waals surface area (Å²) >= 11 is 0. The van der Waals surface area contributed by atoms with Gasteiger partial charge in [0.05, 0.1) is 0 Å². The second-order valence-electron chi connectivity index (χ2n) is 11.8. The Bertz CT molecular complexity index is 1350. The minimum atomic E-state index is -0.393. The number of allylic oxidation sites excluding steroid dienone is 1. The van der Waals surface area contributed by atoms with Crippen LogP contribution in [0.1, 0.15) is 89.9 Å². The Balaban J connectivity index is 1.59. The van der Waals surface area contributed by atoms with Gasteiger partial charge in [0, 0.05) is 47.9 Å². The molecule has 0 spiro atoms. The van der Waals surface area contributed by atoms with Crippen LogP contribution in [0.5, 0.6) is 0 Å². The van der Waals surface area contributed by atoms with Crippen LogP contribution < -0.4 is 5.69 Å². The highest BCUT2D eigenvalue weighted by Crippen LogP contribution is 2.43. The maximum Gasteiger partial charge on any atom is 0.328 e. The molecule has 1 aliphatic carbocycles. The number of hydrogen-bond acceptors (Lipinski definition) is 5. The molecule has 0 amide bonds. The first-order chi connectivity index (χ1) is 19.0. The van der Waals surface area contributed by atoms with E-state index in [1.165, 1.54) is 19.3 Å². The molecule has 0 saturated heterocycles. The van der Waals surface area contributed by atoms with Gasteiger partial charge in [-0.15, -0.1) is 5.10 Å². The van der Waals surface area contributed by atoms with E-state index >= 15 is 0 Å². The lowest BCUT2D eigenvalue weighted by atomic mass is 9.71. The maximum atomic E-state index is 14.4. The Morgan fingerprint density at radius 1 is 1.21 bits per heavy atom. The molecule has 0 radical (unpaired) electrons. The molecule has 208 valence electrons. The van der Waals surface area contributed by atoms with Crippen molar-refractivity contribution in [1.82, 2.24) is 29.8 Å². The number of hydrogen-bond donors (Lipinski definition) is 1. The fraction of sp³-hybridized carbons (Fsp3) is 0.581. The highest BCUT2D eigenvalue weighted by atomic mass is 16.1. The van der Waals surface area contributed by atoms with E-state index in [0.29, 0.717) is 30.1 Å². The summed E-state index contributed by atoms with van der Waals surface area (Å²) in [6.07, 6.45) is 16.8. The first kappa shape index (κ1) is 27.3. The van der Waals surface area contributed by atoms with E-state index in [9.17, 15) is 4.79 Å². The number of aromatic nitrogens is 6. The quantitative estimate of drug-likeness (QED) is 0.342. The van der Waals surface area contributed by atoms with Gasteiger partial charge in [-0.25, -0.2) is 9.89 Å². The largest absolute Gasteiger partial charge is 0.328 e. The van der Waals surface area contributed by atoms with Gasteiger partial charge in [-0.05, 0) is 71.9 Å². The van der Waals surface area contributed by atoms with Crippen molar-refractivity contribution in [1.29, 1.82) is 0 Å². The zero-order valence-corrected chi connectivity index (χ0v) is 23.9. The first-order valence-electron chi connectivity index (χ1n) is 14.8. The summed E-state index contributed by atoms with van der Waals surface area (Å²) in [5.41, 5.74) is 2.95. The van der Waals surface area contributed by atoms with Crippen molar-refractivity contribution in [3.63, 3.8) is 0 Å². The highest BCUT2D eigenvalue weighted by molar-refractivity contribution is 5.65. The van der Waals surface area contributed by atoms with E-state index < -0.39 is 5.41 Å². The topological polar surface area (TPSA) is 93.7 Å². The fourth-order valence-electron chi connectivity index (χ4n) is 6.89. The fourth-order valence-corrected chi connectivity index (χ4v) is 6.89. The van der Waals surface area contributed by atoms with Crippen LogP contribution in [0.25, 0.3) is 11.4 Å².